The molecule has 2 nitrogen and oxygen atoms in total. The number of hydrogen-bond acceptors (Lipinski definition) is 2. The van der Waals surface area contributed by atoms with Gasteiger partial charge in [-0.1, -0.05) is 43.3 Å². The molecule has 0 aliphatic heterocycles. The molecule has 112 valence electrons. The fourth-order valence-corrected chi connectivity index (χ4v) is 3.15. The second-order valence-electron chi connectivity index (χ2n) is 5.09. The second kappa shape index (κ2) is 7.62. The first-order valence-electron chi connectivity index (χ1n) is 7.31. The van der Waals surface area contributed by atoms with Gasteiger partial charge in [-0.15, -0.1) is 0 Å². The maximum atomic E-state index is 5.58. The highest BCUT2D eigenvalue weighted by Gasteiger charge is 2.20. The van der Waals surface area contributed by atoms with Crippen molar-refractivity contribution in [3.8, 4) is 5.75 Å². The Morgan fingerprint density at radius 3 is 2.38 bits per heavy atom. The summed E-state index contributed by atoms with van der Waals surface area (Å²) in [4.78, 5) is 0. The molecule has 0 fully saturated rings. The van der Waals surface area contributed by atoms with Gasteiger partial charge < -0.3 is 10.1 Å². The van der Waals surface area contributed by atoms with Crippen molar-refractivity contribution >= 4 is 15.9 Å². The van der Waals surface area contributed by atoms with Gasteiger partial charge in [0.15, 0.2) is 0 Å². The molecule has 2 unspecified atom stereocenters. The Kier molecular flexibility index (Phi) is 5.83. The van der Waals surface area contributed by atoms with Gasteiger partial charge in [0.2, 0.25) is 0 Å². The average Bonchev–Trinajstić information content (AvgIpc) is 2.51. The van der Waals surface area contributed by atoms with E-state index >= 15 is 0 Å². The van der Waals surface area contributed by atoms with Crippen molar-refractivity contribution in [3.05, 3.63) is 64.1 Å². The lowest BCUT2D eigenvalue weighted by Gasteiger charge is -2.25. The smallest absolute Gasteiger partial charge is 0.133 e. The first-order valence-corrected chi connectivity index (χ1v) is 8.11. The van der Waals surface area contributed by atoms with Gasteiger partial charge in [-0.3, -0.25) is 0 Å². The van der Waals surface area contributed by atoms with Crippen LogP contribution in [-0.2, 0) is 0 Å². The maximum Gasteiger partial charge on any atom is 0.133 e. The molecule has 1 N–H and O–H groups in total. The van der Waals surface area contributed by atoms with Gasteiger partial charge in [-0.25, -0.2) is 0 Å². The highest BCUT2D eigenvalue weighted by Crippen LogP contribution is 2.34. The number of hydrogen-bond donors (Lipinski definition) is 1. The van der Waals surface area contributed by atoms with E-state index in [0.29, 0.717) is 12.5 Å². The highest BCUT2D eigenvalue weighted by molar-refractivity contribution is 9.10. The van der Waals surface area contributed by atoms with Gasteiger partial charge in [0, 0.05) is 12.0 Å². The largest absolute Gasteiger partial charge is 0.493 e. The molecule has 2 rings (SSSR count). The van der Waals surface area contributed by atoms with Crippen LogP contribution in [-0.4, -0.2) is 13.7 Å². The van der Waals surface area contributed by atoms with Crippen LogP contribution in [0.5, 0.6) is 5.75 Å². The predicted octanol–water partition coefficient (Wildman–Crippen LogP) is 4.91. The van der Waals surface area contributed by atoms with E-state index in [2.05, 4.69) is 70.6 Å². The van der Waals surface area contributed by atoms with Gasteiger partial charge in [-0.2, -0.15) is 0 Å². The number of rotatable bonds is 6. The molecule has 2 aromatic carbocycles. The van der Waals surface area contributed by atoms with E-state index < -0.39 is 0 Å². The van der Waals surface area contributed by atoms with Crippen LogP contribution in [0.15, 0.2) is 53.0 Å². The zero-order valence-corrected chi connectivity index (χ0v) is 14.4. The highest BCUT2D eigenvalue weighted by atomic mass is 79.9. The summed E-state index contributed by atoms with van der Waals surface area (Å²) in [6.07, 6.45) is 0. The quantitative estimate of drug-likeness (QED) is 0.801. The monoisotopic (exact) mass is 347 g/mol. The molecule has 0 amide bonds. The molecule has 0 saturated heterocycles. The van der Waals surface area contributed by atoms with E-state index in [1.165, 1.54) is 11.1 Å². The lowest BCUT2D eigenvalue weighted by Crippen LogP contribution is -2.22. The minimum atomic E-state index is 0.263. The molecule has 3 heteroatoms. The van der Waals surface area contributed by atoms with Crippen LogP contribution >= 0.6 is 15.9 Å². The Labute approximate surface area is 135 Å². The summed E-state index contributed by atoms with van der Waals surface area (Å²) in [5.41, 5.74) is 2.59. The van der Waals surface area contributed by atoms with Gasteiger partial charge in [0.1, 0.15) is 5.75 Å². The van der Waals surface area contributed by atoms with Crippen molar-refractivity contribution in [2.24, 2.45) is 0 Å². The summed E-state index contributed by atoms with van der Waals surface area (Å²) in [6.45, 7) is 4.92. The Hall–Kier alpha value is -1.32. The molecule has 0 spiro atoms. The van der Waals surface area contributed by atoms with Crippen LogP contribution in [0.3, 0.4) is 0 Å². The van der Waals surface area contributed by atoms with Gasteiger partial charge in [0.05, 0.1) is 11.1 Å². The second-order valence-corrected chi connectivity index (χ2v) is 5.94. The summed E-state index contributed by atoms with van der Waals surface area (Å²) >= 11 is 3.60. The maximum absolute atomic E-state index is 5.58. The van der Waals surface area contributed by atoms with Crippen molar-refractivity contribution in [1.82, 2.24) is 5.32 Å². The first kappa shape index (κ1) is 16.1. The molecule has 0 radical (unpaired) electrons. The van der Waals surface area contributed by atoms with Crippen molar-refractivity contribution in [3.63, 3.8) is 0 Å². The van der Waals surface area contributed by atoms with Gasteiger partial charge in [0.25, 0.3) is 0 Å². The third kappa shape index (κ3) is 3.86. The molecule has 0 aliphatic rings. The first-order chi connectivity index (χ1) is 10.2. The van der Waals surface area contributed by atoms with Crippen LogP contribution in [0.25, 0.3) is 0 Å². The molecule has 0 bridgehead atoms. The Bertz CT molecular complexity index is 571. The van der Waals surface area contributed by atoms with E-state index in [1.807, 2.05) is 20.0 Å². The topological polar surface area (TPSA) is 21.3 Å². The summed E-state index contributed by atoms with van der Waals surface area (Å²) in [5.74, 6) is 1.28. The van der Waals surface area contributed by atoms with E-state index in [9.17, 15) is 0 Å². The van der Waals surface area contributed by atoms with E-state index in [0.717, 1.165) is 10.2 Å². The molecule has 2 atom stereocenters. The molecule has 0 saturated carbocycles. The summed E-state index contributed by atoms with van der Waals surface area (Å²) in [7, 11) is 2.01. The summed E-state index contributed by atoms with van der Waals surface area (Å²) < 4.78 is 6.59. The number of likely N-dealkylation sites (N-methyl/N-ethyl adjacent to an activating group) is 1. The summed E-state index contributed by atoms with van der Waals surface area (Å²) in [6, 6.07) is 17.2. The van der Waals surface area contributed by atoms with Crippen molar-refractivity contribution in [2.75, 3.05) is 13.7 Å². The van der Waals surface area contributed by atoms with Gasteiger partial charge >= 0.3 is 0 Å². The average molecular weight is 348 g/mol. The standard InChI is InChI=1S/C18H22BrNO/c1-4-21-17-11-10-15(12-16(17)19)18(20-3)13(2)14-8-6-5-7-9-14/h5-13,18,20H,4H2,1-3H3. The lowest BCUT2D eigenvalue weighted by molar-refractivity contribution is 0.338. The van der Waals surface area contributed by atoms with Gasteiger partial charge in [-0.05, 0) is 53.2 Å². The minimum absolute atomic E-state index is 0.263. The van der Waals surface area contributed by atoms with E-state index in [-0.39, 0.29) is 6.04 Å². The Morgan fingerprint density at radius 2 is 1.81 bits per heavy atom. The molecule has 2 aromatic rings. The van der Waals surface area contributed by atoms with E-state index in [4.69, 9.17) is 4.74 Å². The number of halogens is 1. The summed E-state index contributed by atoms with van der Waals surface area (Å²) in [5, 5.41) is 3.43. The van der Waals surface area contributed by atoms with Crippen LogP contribution in [0, 0.1) is 0 Å². The Morgan fingerprint density at radius 1 is 1.10 bits per heavy atom. The zero-order valence-electron chi connectivity index (χ0n) is 12.8. The SMILES string of the molecule is CCOc1ccc(C(NC)C(C)c2ccccc2)cc1Br. The Balaban J connectivity index is 2.27. The molecular formula is C18H22BrNO. The van der Waals surface area contributed by atoms with Crippen molar-refractivity contribution in [2.45, 2.75) is 25.8 Å². The van der Waals surface area contributed by atoms with Crippen molar-refractivity contribution < 1.29 is 4.74 Å². The number of nitrogens with one attached hydrogen (secondary N) is 1. The predicted molar refractivity (Wildman–Crippen MR) is 92.0 cm³/mol. The third-order valence-corrected chi connectivity index (χ3v) is 4.37. The minimum Gasteiger partial charge on any atom is -0.493 e. The van der Waals surface area contributed by atoms with Crippen molar-refractivity contribution in [1.29, 1.82) is 0 Å². The number of benzene rings is 2. The molecule has 0 heterocycles. The van der Waals surface area contributed by atoms with Crippen LogP contribution in [0.4, 0.5) is 0 Å². The van der Waals surface area contributed by atoms with Crippen LogP contribution in [0.1, 0.15) is 36.9 Å². The molecule has 0 aromatic heterocycles. The fraction of sp³-hybridized carbons (Fsp3) is 0.333. The molecular weight excluding hydrogens is 326 g/mol. The van der Waals surface area contributed by atoms with Crippen LogP contribution in [0.2, 0.25) is 0 Å². The lowest BCUT2D eigenvalue weighted by atomic mass is 9.88. The molecule has 0 aliphatic carbocycles. The molecule has 21 heavy (non-hydrogen) atoms. The normalized spacial score (nSPS) is 13.7. The van der Waals surface area contributed by atoms with E-state index in [1.54, 1.807) is 0 Å². The zero-order chi connectivity index (χ0) is 15.2. The fourth-order valence-electron chi connectivity index (χ4n) is 2.64. The third-order valence-electron chi connectivity index (χ3n) is 3.75. The van der Waals surface area contributed by atoms with Crippen LogP contribution < -0.4 is 10.1 Å². The number of ether oxygens (including phenoxy) is 1.